The molecule has 0 heterocycles. The van der Waals surface area contributed by atoms with Crippen molar-refractivity contribution in [1.82, 2.24) is 10.6 Å². The highest BCUT2D eigenvalue weighted by Gasteiger charge is 2.14. The van der Waals surface area contributed by atoms with E-state index in [9.17, 15) is 4.79 Å². The highest BCUT2D eigenvalue weighted by molar-refractivity contribution is 5.67. The molecule has 2 N–H and O–H groups in total. The van der Waals surface area contributed by atoms with E-state index in [1.54, 1.807) is 0 Å². The van der Waals surface area contributed by atoms with E-state index in [0.717, 1.165) is 12.6 Å². The van der Waals surface area contributed by atoms with Gasteiger partial charge in [-0.3, -0.25) is 0 Å². The predicted molar refractivity (Wildman–Crippen MR) is 110 cm³/mol. The molecule has 1 fully saturated rings. The molecule has 1 aliphatic rings. The Morgan fingerprint density at radius 2 is 1.38 bits per heavy atom. The Hall–Kier alpha value is -0.770. The lowest BCUT2D eigenvalue weighted by Gasteiger charge is -2.21. The van der Waals surface area contributed by atoms with E-state index in [0.29, 0.717) is 0 Å². The van der Waals surface area contributed by atoms with Crippen molar-refractivity contribution in [3.8, 4) is 0 Å². The molecule has 0 aromatic carbocycles. The van der Waals surface area contributed by atoms with E-state index in [2.05, 4.69) is 17.6 Å². The van der Waals surface area contributed by atoms with Crippen molar-refractivity contribution in [2.24, 2.45) is 0 Å². The molecule has 24 heavy (non-hydrogen) atoms. The number of hydrogen-bond acceptors (Lipinski definition) is 3. The number of nitrogens with one attached hydrogen (secondary N) is 2. The summed E-state index contributed by atoms with van der Waals surface area (Å²) in [5.41, 5.74) is -0.389. The van der Waals surface area contributed by atoms with Crippen molar-refractivity contribution in [3.63, 3.8) is 0 Å². The third kappa shape index (κ3) is 29.3. The Kier molecular flexibility index (Phi) is 31.7. The molecule has 4 heteroatoms. The van der Waals surface area contributed by atoms with Crippen LogP contribution in [0.15, 0.2) is 0 Å². The molecule has 0 aliphatic heterocycles. The van der Waals surface area contributed by atoms with Crippen LogP contribution < -0.4 is 10.6 Å². The van der Waals surface area contributed by atoms with E-state index < -0.39 is 0 Å². The summed E-state index contributed by atoms with van der Waals surface area (Å²) in [6, 6.07) is 0.851. The molecule has 1 aliphatic carbocycles. The summed E-state index contributed by atoms with van der Waals surface area (Å²) in [4.78, 5) is 10.5. The van der Waals surface area contributed by atoms with Gasteiger partial charge in [0.05, 0.1) is 0 Å². The van der Waals surface area contributed by atoms with Gasteiger partial charge >= 0.3 is 6.09 Å². The third-order valence-corrected chi connectivity index (χ3v) is 2.70. The van der Waals surface area contributed by atoms with E-state index in [-0.39, 0.29) is 11.7 Å². The van der Waals surface area contributed by atoms with Gasteiger partial charge in [0.25, 0.3) is 0 Å². The van der Waals surface area contributed by atoms with Gasteiger partial charge in [0, 0.05) is 13.1 Å². The van der Waals surface area contributed by atoms with Crippen LogP contribution in [-0.4, -0.2) is 31.3 Å². The second kappa shape index (κ2) is 24.5. The lowest BCUT2D eigenvalue weighted by Crippen LogP contribution is -2.30. The molecule has 150 valence electrons. The van der Waals surface area contributed by atoms with Crippen molar-refractivity contribution < 1.29 is 9.53 Å². The molecule has 0 bridgehead atoms. The van der Waals surface area contributed by atoms with Crippen molar-refractivity contribution >= 4 is 6.09 Å². The van der Waals surface area contributed by atoms with E-state index in [1.165, 1.54) is 39.2 Å². The zero-order valence-corrected chi connectivity index (χ0v) is 18.6. The molecule has 0 unspecified atom stereocenters. The number of rotatable bonds is 2. The van der Waals surface area contributed by atoms with Gasteiger partial charge in [-0.25, -0.2) is 4.79 Å². The first-order valence-electron chi connectivity index (χ1n) is 10.0. The Bertz CT molecular complexity index is 217. The molecule has 1 rings (SSSR count). The van der Waals surface area contributed by atoms with E-state index >= 15 is 0 Å². The Morgan fingerprint density at radius 1 is 0.958 bits per heavy atom. The molecule has 1 saturated carbocycles. The smallest absolute Gasteiger partial charge is 0.407 e. The van der Waals surface area contributed by atoms with Crippen molar-refractivity contribution in [2.75, 3.05) is 13.6 Å². The minimum Gasteiger partial charge on any atom is -0.444 e. The van der Waals surface area contributed by atoms with Crippen LogP contribution in [0, 0.1) is 0 Å². The quantitative estimate of drug-likeness (QED) is 0.629. The zero-order valence-electron chi connectivity index (χ0n) is 18.6. The van der Waals surface area contributed by atoms with Crippen LogP contribution in [-0.2, 0) is 4.74 Å². The van der Waals surface area contributed by atoms with Crippen LogP contribution in [0.3, 0.4) is 0 Å². The topological polar surface area (TPSA) is 50.4 Å². The van der Waals surface area contributed by atoms with Gasteiger partial charge in [-0.05, 0) is 40.2 Å². The summed E-state index contributed by atoms with van der Waals surface area (Å²) in [5.74, 6) is 0. The number of hydrogen-bond donors (Lipinski definition) is 2. The molecule has 0 aromatic heterocycles. The molecular weight excluding hydrogens is 300 g/mol. The fourth-order valence-electron chi connectivity index (χ4n) is 1.92. The van der Waals surface area contributed by atoms with Gasteiger partial charge in [0.15, 0.2) is 0 Å². The number of alkyl carbamates (subject to hydrolysis) is 1. The van der Waals surface area contributed by atoms with Gasteiger partial charge in [0.1, 0.15) is 5.60 Å². The number of carbonyl (C=O) groups excluding carboxylic acids is 1. The first-order valence-corrected chi connectivity index (χ1v) is 10.0. The fourth-order valence-corrected chi connectivity index (χ4v) is 1.92. The Labute approximate surface area is 153 Å². The highest BCUT2D eigenvalue weighted by Crippen LogP contribution is 2.16. The van der Waals surface area contributed by atoms with Crippen molar-refractivity contribution in [1.29, 1.82) is 0 Å². The summed E-state index contributed by atoms with van der Waals surface area (Å²) in [5, 5.41) is 5.84. The third-order valence-electron chi connectivity index (χ3n) is 2.70. The highest BCUT2D eigenvalue weighted by atomic mass is 16.6. The minimum atomic E-state index is -0.389. The van der Waals surface area contributed by atoms with Gasteiger partial charge < -0.3 is 15.4 Å². The zero-order chi connectivity index (χ0) is 20.0. The molecular formula is C20H48N2O2. The van der Waals surface area contributed by atoms with Crippen LogP contribution in [0.2, 0.25) is 0 Å². The van der Waals surface area contributed by atoms with Crippen LogP contribution in [0.1, 0.15) is 101 Å². The maximum Gasteiger partial charge on any atom is 0.407 e. The van der Waals surface area contributed by atoms with Gasteiger partial charge in [-0.15, -0.1) is 0 Å². The van der Waals surface area contributed by atoms with Crippen LogP contribution in [0.5, 0.6) is 0 Å². The standard InChI is InChI=1S/C8H17N.C6H13NO2.3C2H6/c1-2-9-8-6-4-3-5-7-8;1-6(2,3)9-5(8)7-4;3*1-2/h8-9H,2-7H2,1H3;1-4H3,(H,7,8);3*1-2H3. The van der Waals surface area contributed by atoms with E-state index in [1.807, 2.05) is 62.3 Å². The Balaban J connectivity index is -0.000000127. The molecule has 4 nitrogen and oxygen atoms in total. The minimum absolute atomic E-state index is 0.387. The number of amides is 1. The summed E-state index contributed by atoms with van der Waals surface area (Å²) in [6.07, 6.45) is 6.78. The summed E-state index contributed by atoms with van der Waals surface area (Å²) in [6.45, 7) is 20.8. The average Bonchev–Trinajstić information content (AvgIpc) is 2.60. The van der Waals surface area contributed by atoms with Gasteiger partial charge in [-0.2, -0.15) is 0 Å². The van der Waals surface area contributed by atoms with Gasteiger partial charge in [-0.1, -0.05) is 67.7 Å². The summed E-state index contributed by atoms with van der Waals surface area (Å²) in [7, 11) is 1.54. The average molecular weight is 349 g/mol. The molecule has 0 atom stereocenters. The molecule has 0 aromatic rings. The SMILES string of the molecule is CC.CC.CC.CCNC1CCCCC1.CNC(=O)OC(C)(C)C. The maximum atomic E-state index is 10.5. The normalized spacial score (nSPS) is 13.1. The predicted octanol–water partition coefficient (Wildman–Crippen LogP) is 6.15. The number of carbonyl (C=O) groups is 1. The van der Waals surface area contributed by atoms with Crippen LogP contribution >= 0.6 is 0 Å². The molecule has 0 spiro atoms. The first-order chi connectivity index (χ1) is 11.4. The monoisotopic (exact) mass is 348 g/mol. The lowest BCUT2D eigenvalue weighted by atomic mass is 9.96. The van der Waals surface area contributed by atoms with E-state index in [4.69, 9.17) is 4.74 Å². The molecule has 0 saturated heterocycles. The van der Waals surface area contributed by atoms with Crippen molar-refractivity contribution in [3.05, 3.63) is 0 Å². The largest absolute Gasteiger partial charge is 0.444 e. The first kappa shape index (κ1) is 31.0. The second-order valence-electron chi connectivity index (χ2n) is 5.64. The fraction of sp³-hybridized carbons (Fsp3) is 0.950. The summed E-state index contributed by atoms with van der Waals surface area (Å²) < 4.78 is 4.84. The summed E-state index contributed by atoms with van der Waals surface area (Å²) >= 11 is 0. The second-order valence-corrected chi connectivity index (χ2v) is 5.64. The van der Waals surface area contributed by atoms with Gasteiger partial charge in [0.2, 0.25) is 0 Å². The number of ether oxygens (including phenoxy) is 1. The molecule has 1 amide bonds. The van der Waals surface area contributed by atoms with Crippen LogP contribution in [0.4, 0.5) is 4.79 Å². The van der Waals surface area contributed by atoms with Crippen molar-refractivity contribution in [2.45, 2.75) is 113 Å². The lowest BCUT2D eigenvalue weighted by molar-refractivity contribution is 0.0541. The van der Waals surface area contributed by atoms with Crippen LogP contribution in [0.25, 0.3) is 0 Å². The maximum absolute atomic E-state index is 10.5. The molecule has 0 radical (unpaired) electrons. The Morgan fingerprint density at radius 3 is 1.62 bits per heavy atom.